The van der Waals surface area contributed by atoms with E-state index in [0.29, 0.717) is 11.9 Å². The minimum atomic E-state index is -0.393. The van der Waals surface area contributed by atoms with Gasteiger partial charge in [0.2, 0.25) is 0 Å². The zero-order valence-electron chi connectivity index (χ0n) is 9.41. The van der Waals surface area contributed by atoms with Gasteiger partial charge in [0.15, 0.2) is 5.82 Å². The maximum atomic E-state index is 11.0. The van der Waals surface area contributed by atoms with Crippen molar-refractivity contribution in [1.82, 2.24) is 15.2 Å². The third kappa shape index (κ3) is 3.32. The van der Waals surface area contributed by atoms with E-state index in [0.717, 1.165) is 12.8 Å². The van der Waals surface area contributed by atoms with Gasteiger partial charge in [-0.1, -0.05) is 32.1 Å². The minimum absolute atomic E-state index is 0.393. The standard InChI is InChI=1S/C11H18N4O/c16-11-14-10(8-12-15-11)13-9-6-4-2-1-3-5-7-9/h8-9H,1-7H2,(H2,13,14,15,16). The number of nitrogens with one attached hydrogen (secondary N) is 2. The molecule has 0 saturated heterocycles. The highest BCUT2D eigenvalue weighted by Gasteiger charge is 2.11. The topological polar surface area (TPSA) is 70.7 Å². The second-order valence-corrected chi connectivity index (χ2v) is 4.36. The molecule has 1 saturated carbocycles. The molecule has 5 nitrogen and oxygen atoms in total. The molecule has 1 heterocycles. The summed E-state index contributed by atoms with van der Waals surface area (Å²) in [4.78, 5) is 14.8. The molecule has 0 bridgehead atoms. The quantitative estimate of drug-likeness (QED) is 0.798. The zero-order chi connectivity index (χ0) is 11.2. The normalized spacial score (nSPS) is 18.8. The molecule has 0 atom stereocenters. The first kappa shape index (κ1) is 11.1. The Morgan fingerprint density at radius 3 is 2.56 bits per heavy atom. The van der Waals surface area contributed by atoms with Crippen molar-refractivity contribution in [3.05, 3.63) is 16.7 Å². The lowest BCUT2D eigenvalue weighted by atomic mass is 9.97. The maximum Gasteiger partial charge on any atom is 0.363 e. The van der Waals surface area contributed by atoms with Crippen LogP contribution in [0.1, 0.15) is 44.9 Å². The van der Waals surface area contributed by atoms with Crippen LogP contribution in [0.2, 0.25) is 0 Å². The summed E-state index contributed by atoms with van der Waals surface area (Å²) in [5.74, 6) is 0.592. The summed E-state index contributed by atoms with van der Waals surface area (Å²) in [7, 11) is 0. The van der Waals surface area contributed by atoms with Crippen molar-refractivity contribution >= 4 is 5.82 Å². The Morgan fingerprint density at radius 2 is 1.88 bits per heavy atom. The van der Waals surface area contributed by atoms with Gasteiger partial charge in [-0.3, -0.25) is 0 Å². The summed E-state index contributed by atoms with van der Waals surface area (Å²) in [5.41, 5.74) is -0.393. The van der Waals surface area contributed by atoms with E-state index in [2.05, 4.69) is 20.5 Å². The van der Waals surface area contributed by atoms with Crippen molar-refractivity contribution in [3.8, 4) is 0 Å². The van der Waals surface area contributed by atoms with Gasteiger partial charge in [-0.2, -0.15) is 10.1 Å². The maximum absolute atomic E-state index is 11.0. The van der Waals surface area contributed by atoms with Crippen molar-refractivity contribution in [1.29, 1.82) is 0 Å². The molecule has 0 aliphatic heterocycles. The lowest BCUT2D eigenvalue weighted by Gasteiger charge is -2.20. The lowest BCUT2D eigenvalue weighted by Crippen LogP contribution is -2.23. The number of hydrogen-bond acceptors (Lipinski definition) is 4. The summed E-state index contributed by atoms with van der Waals surface area (Å²) in [6.45, 7) is 0. The Labute approximate surface area is 94.7 Å². The predicted octanol–water partition coefficient (Wildman–Crippen LogP) is 1.69. The van der Waals surface area contributed by atoms with Gasteiger partial charge in [-0.25, -0.2) is 9.89 Å². The van der Waals surface area contributed by atoms with Crippen LogP contribution in [0.5, 0.6) is 0 Å². The molecule has 1 fully saturated rings. The molecule has 2 N–H and O–H groups in total. The van der Waals surface area contributed by atoms with Gasteiger partial charge in [0.1, 0.15) is 0 Å². The SMILES string of the molecule is O=c1nc(NC2CCCCCCC2)cn[nH]1. The molecule has 0 amide bonds. The average molecular weight is 222 g/mol. The fraction of sp³-hybridized carbons (Fsp3) is 0.727. The second kappa shape index (κ2) is 5.63. The van der Waals surface area contributed by atoms with E-state index < -0.39 is 5.69 Å². The third-order valence-corrected chi connectivity index (χ3v) is 3.03. The Hall–Kier alpha value is -1.39. The van der Waals surface area contributed by atoms with Crippen molar-refractivity contribution < 1.29 is 0 Å². The molecule has 1 aromatic rings. The van der Waals surface area contributed by atoms with E-state index in [1.54, 1.807) is 6.20 Å². The highest BCUT2D eigenvalue weighted by atomic mass is 16.1. The molecule has 16 heavy (non-hydrogen) atoms. The van der Waals surface area contributed by atoms with E-state index in [9.17, 15) is 4.79 Å². The number of nitrogens with zero attached hydrogens (tertiary/aromatic N) is 2. The highest BCUT2D eigenvalue weighted by Crippen LogP contribution is 2.19. The van der Waals surface area contributed by atoms with Crippen LogP contribution in [0.25, 0.3) is 0 Å². The Balaban J connectivity index is 1.94. The van der Waals surface area contributed by atoms with Gasteiger partial charge in [0.05, 0.1) is 6.20 Å². The molecular weight excluding hydrogens is 204 g/mol. The lowest BCUT2D eigenvalue weighted by molar-refractivity contribution is 0.470. The van der Waals surface area contributed by atoms with Crippen LogP contribution in [-0.2, 0) is 0 Å². The first-order valence-electron chi connectivity index (χ1n) is 6.03. The van der Waals surface area contributed by atoms with Crippen LogP contribution in [-0.4, -0.2) is 21.2 Å². The van der Waals surface area contributed by atoms with E-state index in [1.807, 2.05) is 0 Å². The number of aromatic amines is 1. The van der Waals surface area contributed by atoms with Gasteiger partial charge >= 0.3 is 5.69 Å². The largest absolute Gasteiger partial charge is 0.366 e. The van der Waals surface area contributed by atoms with Gasteiger partial charge in [0, 0.05) is 6.04 Å². The summed E-state index contributed by atoms with van der Waals surface area (Å²) in [5, 5.41) is 9.30. The summed E-state index contributed by atoms with van der Waals surface area (Å²) >= 11 is 0. The van der Waals surface area contributed by atoms with Gasteiger partial charge in [-0.15, -0.1) is 0 Å². The van der Waals surface area contributed by atoms with Crippen molar-refractivity contribution in [2.45, 2.75) is 51.0 Å². The number of aromatic nitrogens is 3. The highest BCUT2D eigenvalue weighted by molar-refractivity contribution is 5.30. The van der Waals surface area contributed by atoms with Gasteiger partial charge < -0.3 is 5.32 Å². The molecule has 2 rings (SSSR count). The van der Waals surface area contributed by atoms with Crippen LogP contribution < -0.4 is 11.0 Å². The molecule has 5 heteroatoms. The van der Waals surface area contributed by atoms with Crippen LogP contribution in [0, 0.1) is 0 Å². The van der Waals surface area contributed by atoms with E-state index in [4.69, 9.17) is 0 Å². The summed E-state index contributed by atoms with van der Waals surface area (Å²) < 4.78 is 0. The number of H-pyrrole nitrogens is 1. The van der Waals surface area contributed by atoms with Crippen LogP contribution in [0.15, 0.2) is 11.0 Å². The average Bonchev–Trinajstić information content (AvgIpc) is 2.22. The molecule has 0 aromatic carbocycles. The Kier molecular flexibility index (Phi) is 3.91. The molecule has 1 aromatic heterocycles. The molecule has 0 spiro atoms. The zero-order valence-corrected chi connectivity index (χ0v) is 9.41. The monoisotopic (exact) mass is 222 g/mol. The van der Waals surface area contributed by atoms with E-state index in [-0.39, 0.29) is 0 Å². The molecule has 1 aliphatic carbocycles. The fourth-order valence-electron chi connectivity index (χ4n) is 2.19. The van der Waals surface area contributed by atoms with Crippen LogP contribution in [0.4, 0.5) is 5.82 Å². The first-order valence-corrected chi connectivity index (χ1v) is 6.03. The number of hydrogen-bond donors (Lipinski definition) is 2. The third-order valence-electron chi connectivity index (χ3n) is 3.03. The fourth-order valence-corrected chi connectivity index (χ4v) is 2.19. The van der Waals surface area contributed by atoms with Crippen molar-refractivity contribution in [3.63, 3.8) is 0 Å². The van der Waals surface area contributed by atoms with Gasteiger partial charge in [0.25, 0.3) is 0 Å². The van der Waals surface area contributed by atoms with Gasteiger partial charge in [-0.05, 0) is 12.8 Å². The predicted molar refractivity (Wildman–Crippen MR) is 62.4 cm³/mol. The first-order chi connectivity index (χ1) is 7.84. The van der Waals surface area contributed by atoms with Crippen LogP contribution >= 0.6 is 0 Å². The molecule has 88 valence electrons. The smallest absolute Gasteiger partial charge is 0.363 e. The van der Waals surface area contributed by atoms with Crippen molar-refractivity contribution in [2.24, 2.45) is 0 Å². The van der Waals surface area contributed by atoms with Crippen molar-refractivity contribution in [2.75, 3.05) is 5.32 Å². The molecule has 0 unspecified atom stereocenters. The summed E-state index contributed by atoms with van der Waals surface area (Å²) in [6, 6.07) is 0.441. The minimum Gasteiger partial charge on any atom is -0.366 e. The Bertz CT molecular complexity index is 368. The second-order valence-electron chi connectivity index (χ2n) is 4.36. The number of anilines is 1. The number of rotatable bonds is 2. The van der Waals surface area contributed by atoms with E-state index >= 15 is 0 Å². The molecule has 1 aliphatic rings. The molecular formula is C11H18N4O. The molecule has 0 radical (unpaired) electrons. The van der Waals surface area contributed by atoms with Crippen LogP contribution in [0.3, 0.4) is 0 Å². The summed E-state index contributed by atoms with van der Waals surface area (Å²) in [6.07, 6.45) is 10.4. The van der Waals surface area contributed by atoms with E-state index in [1.165, 1.54) is 32.1 Å². The Morgan fingerprint density at radius 1 is 1.19 bits per heavy atom.